The molecule has 0 fully saturated rings. The number of aromatic carboxylic acids is 1. The summed E-state index contributed by atoms with van der Waals surface area (Å²) in [6, 6.07) is 12.1. The van der Waals surface area contributed by atoms with Gasteiger partial charge in [-0.1, -0.05) is 12.1 Å². The highest BCUT2D eigenvalue weighted by atomic mass is 16.5. The number of ether oxygens (including phenoxy) is 2. The van der Waals surface area contributed by atoms with Crippen LogP contribution in [0.25, 0.3) is 11.1 Å². The van der Waals surface area contributed by atoms with Crippen molar-refractivity contribution in [2.45, 2.75) is 0 Å². The zero-order chi connectivity index (χ0) is 13.8. The van der Waals surface area contributed by atoms with Gasteiger partial charge in [0.25, 0.3) is 0 Å². The minimum atomic E-state index is -0.972. The third-order valence-electron chi connectivity index (χ3n) is 2.84. The minimum Gasteiger partial charge on any atom is -0.497 e. The molecule has 0 aromatic heterocycles. The van der Waals surface area contributed by atoms with Crippen molar-refractivity contribution in [1.82, 2.24) is 0 Å². The second-order valence-electron chi connectivity index (χ2n) is 3.95. The zero-order valence-corrected chi connectivity index (χ0v) is 10.7. The van der Waals surface area contributed by atoms with E-state index in [1.54, 1.807) is 32.4 Å². The standard InChI is InChI=1S/C15H14O4/c1-18-11-5-3-4-10(8-11)14-9-12(19-2)6-7-13(14)15(16)17/h3-9H,1-2H3,(H,16,17). The molecular formula is C15H14O4. The van der Waals surface area contributed by atoms with Crippen LogP contribution < -0.4 is 9.47 Å². The molecule has 4 nitrogen and oxygen atoms in total. The number of methoxy groups -OCH3 is 2. The average molecular weight is 258 g/mol. The van der Waals surface area contributed by atoms with Crippen LogP contribution in [0.3, 0.4) is 0 Å². The van der Waals surface area contributed by atoms with Crippen molar-refractivity contribution in [3.05, 3.63) is 48.0 Å². The molecule has 0 unspecified atom stereocenters. The molecule has 0 amide bonds. The van der Waals surface area contributed by atoms with Crippen molar-refractivity contribution in [3.63, 3.8) is 0 Å². The van der Waals surface area contributed by atoms with E-state index in [1.807, 2.05) is 18.2 Å². The fourth-order valence-corrected chi connectivity index (χ4v) is 1.87. The van der Waals surface area contributed by atoms with E-state index in [0.29, 0.717) is 17.1 Å². The molecule has 2 aromatic rings. The molecule has 0 aliphatic heterocycles. The van der Waals surface area contributed by atoms with Crippen LogP contribution in [0.4, 0.5) is 0 Å². The van der Waals surface area contributed by atoms with Gasteiger partial charge in [-0.15, -0.1) is 0 Å². The largest absolute Gasteiger partial charge is 0.497 e. The number of carboxylic acids is 1. The molecule has 98 valence electrons. The van der Waals surface area contributed by atoms with Crippen LogP contribution in [0.15, 0.2) is 42.5 Å². The van der Waals surface area contributed by atoms with Crippen LogP contribution in [-0.2, 0) is 0 Å². The van der Waals surface area contributed by atoms with E-state index in [4.69, 9.17) is 9.47 Å². The second-order valence-corrected chi connectivity index (χ2v) is 3.95. The third kappa shape index (κ3) is 2.68. The van der Waals surface area contributed by atoms with Crippen LogP contribution in [0.2, 0.25) is 0 Å². The molecule has 0 heterocycles. The van der Waals surface area contributed by atoms with Gasteiger partial charge in [0.05, 0.1) is 19.8 Å². The lowest BCUT2D eigenvalue weighted by Crippen LogP contribution is -2.00. The fraction of sp³-hybridized carbons (Fsp3) is 0.133. The summed E-state index contributed by atoms with van der Waals surface area (Å²) in [6.45, 7) is 0. The predicted molar refractivity (Wildman–Crippen MR) is 71.9 cm³/mol. The molecule has 2 aromatic carbocycles. The highest BCUT2D eigenvalue weighted by Gasteiger charge is 2.13. The minimum absolute atomic E-state index is 0.231. The van der Waals surface area contributed by atoms with E-state index in [9.17, 15) is 9.90 Å². The number of carboxylic acid groups (broad SMARTS) is 1. The molecule has 0 radical (unpaired) electrons. The first-order chi connectivity index (χ1) is 9.15. The van der Waals surface area contributed by atoms with Crippen molar-refractivity contribution in [3.8, 4) is 22.6 Å². The summed E-state index contributed by atoms with van der Waals surface area (Å²) in [6.07, 6.45) is 0. The van der Waals surface area contributed by atoms with Gasteiger partial charge in [-0.05, 0) is 41.5 Å². The maximum atomic E-state index is 11.3. The summed E-state index contributed by atoms with van der Waals surface area (Å²) < 4.78 is 10.3. The molecule has 1 N–H and O–H groups in total. The molecule has 0 atom stereocenters. The number of carbonyl (C=O) groups is 1. The highest BCUT2D eigenvalue weighted by Crippen LogP contribution is 2.30. The Balaban J connectivity index is 2.60. The third-order valence-corrected chi connectivity index (χ3v) is 2.84. The first kappa shape index (κ1) is 13.0. The summed E-state index contributed by atoms with van der Waals surface area (Å²) in [7, 11) is 3.12. The second kappa shape index (κ2) is 5.44. The maximum Gasteiger partial charge on any atom is 0.336 e. The quantitative estimate of drug-likeness (QED) is 0.915. The van der Waals surface area contributed by atoms with Crippen molar-refractivity contribution >= 4 is 5.97 Å². The number of rotatable bonds is 4. The van der Waals surface area contributed by atoms with Gasteiger partial charge in [-0.25, -0.2) is 4.79 Å². The molecule has 19 heavy (non-hydrogen) atoms. The van der Waals surface area contributed by atoms with E-state index in [2.05, 4.69) is 0 Å². The smallest absolute Gasteiger partial charge is 0.336 e. The molecule has 4 heteroatoms. The van der Waals surface area contributed by atoms with Gasteiger partial charge in [-0.3, -0.25) is 0 Å². The molecule has 0 aliphatic carbocycles. The van der Waals surface area contributed by atoms with E-state index in [-0.39, 0.29) is 5.56 Å². The van der Waals surface area contributed by atoms with E-state index in [1.165, 1.54) is 6.07 Å². The van der Waals surface area contributed by atoms with Crippen molar-refractivity contribution in [2.24, 2.45) is 0 Å². The van der Waals surface area contributed by atoms with Crippen molar-refractivity contribution in [1.29, 1.82) is 0 Å². The zero-order valence-electron chi connectivity index (χ0n) is 10.7. The van der Waals surface area contributed by atoms with Gasteiger partial charge in [-0.2, -0.15) is 0 Å². The van der Waals surface area contributed by atoms with Gasteiger partial charge in [0, 0.05) is 0 Å². The Hall–Kier alpha value is -2.49. The number of benzene rings is 2. The Morgan fingerprint density at radius 1 is 1.00 bits per heavy atom. The first-order valence-corrected chi connectivity index (χ1v) is 5.71. The van der Waals surface area contributed by atoms with Gasteiger partial charge >= 0.3 is 5.97 Å². The molecular weight excluding hydrogens is 244 g/mol. The molecule has 2 rings (SSSR count). The molecule has 0 saturated carbocycles. The summed E-state index contributed by atoms with van der Waals surface area (Å²) >= 11 is 0. The molecule has 0 spiro atoms. The number of hydrogen-bond acceptors (Lipinski definition) is 3. The van der Waals surface area contributed by atoms with Gasteiger partial charge in [0.1, 0.15) is 11.5 Å². The summed E-state index contributed by atoms with van der Waals surface area (Å²) in [5.41, 5.74) is 1.61. The molecule has 0 bridgehead atoms. The van der Waals surface area contributed by atoms with Crippen LogP contribution in [0.5, 0.6) is 11.5 Å². The summed E-state index contributed by atoms with van der Waals surface area (Å²) in [4.78, 5) is 11.3. The summed E-state index contributed by atoms with van der Waals surface area (Å²) in [5, 5.41) is 9.24. The van der Waals surface area contributed by atoms with Crippen molar-refractivity contribution < 1.29 is 19.4 Å². The Kier molecular flexibility index (Phi) is 3.71. The van der Waals surface area contributed by atoms with E-state index >= 15 is 0 Å². The summed E-state index contributed by atoms with van der Waals surface area (Å²) in [5.74, 6) is 0.319. The first-order valence-electron chi connectivity index (χ1n) is 5.71. The normalized spacial score (nSPS) is 10.0. The van der Waals surface area contributed by atoms with Crippen LogP contribution in [0, 0.1) is 0 Å². The molecule has 0 saturated heterocycles. The predicted octanol–water partition coefficient (Wildman–Crippen LogP) is 3.07. The lowest BCUT2D eigenvalue weighted by molar-refractivity contribution is 0.0697. The Morgan fingerprint density at radius 3 is 2.32 bits per heavy atom. The maximum absolute atomic E-state index is 11.3. The lowest BCUT2D eigenvalue weighted by Gasteiger charge is -2.10. The van der Waals surface area contributed by atoms with Gasteiger partial charge < -0.3 is 14.6 Å². The topological polar surface area (TPSA) is 55.8 Å². The van der Waals surface area contributed by atoms with Crippen molar-refractivity contribution in [2.75, 3.05) is 14.2 Å². The molecule has 0 aliphatic rings. The Labute approximate surface area is 111 Å². The highest BCUT2D eigenvalue weighted by molar-refractivity contribution is 5.96. The van der Waals surface area contributed by atoms with Gasteiger partial charge in [0.15, 0.2) is 0 Å². The van der Waals surface area contributed by atoms with Crippen LogP contribution in [0.1, 0.15) is 10.4 Å². The van der Waals surface area contributed by atoms with Gasteiger partial charge in [0.2, 0.25) is 0 Å². The Morgan fingerprint density at radius 2 is 1.68 bits per heavy atom. The Bertz CT molecular complexity index is 605. The lowest BCUT2D eigenvalue weighted by atomic mass is 9.99. The van der Waals surface area contributed by atoms with E-state index < -0.39 is 5.97 Å². The SMILES string of the molecule is COc1cccc(-c2cc(OC)ccc2C(=O)O)c1. The monoisotopic (exact) mass is 258 g/mol. The fourth-order valence-electron chi connectivity index (χ4n) is 1.87. The average Bonchev–Trinajstić information content (AvgIpc) is 2.46. The van der Waals surface area contributed by atoms with Crippen LogP contribution >= 0.6 is 0 Å². The number of hydrogen-bond donors (Lipinski definition) is 1. The van der Waals surface area contributed by atoms with E-state index in [0.717, 1.165) is 5.56 Å². The van der Waals surface area contributed by atoms with Crippen LogP contribution in [-0.4, -0.2) is 25.3 Å².